The van der Waals surface area contributed by atoms with Crippen LogP contribution in [0.5, 0.6) is 5.75 Å². The Morgan fingerprint density at radius 3 is 2.54 bits per heavy atom. The molecule has 6 nitrogen and oxygen atoms in total. The molecule has 0 amide bonds. The zero-order chi connectivity index (χ0) is 17.9. The average Bonchev–Trinajstić information content (AvgIpc) is 2.68. The Hall–Kier alpha value is -0.710. The van der Waals surface area contributed by atoms with E-state index in [2.05, 4.69) is 38.9 Å². The van der Waals surface area contributed by atoms with Gasteiger partial charge < -0.3 is 20.1 Å². The third-order valence-electron chi connectivity index (χ3n) is 4.27. The monoisotopic (exact) mass is 494 g/mol. The maximum absolute atomic E-state index is 5.51. The summed E-state index contributed by atoms with van der Waals surface area (Å²) in [5.41, 5.74) is 1.27. The normalized spacial score (nSPS) is 16.5. The Labute approximate surface area is 178 Å². The summed E-state index contributed by atoms with van der Waals surface area (Å²) >= 11 is 1.82. The van der Waals surface area contributed by atoms with E-state index in [-0.39, 0.29) is 30.0 Å². The molecule has 0 saturated carbocycles. The predicted molar refractivity (Wildman–Crippen MR) is 121 cm³/mol. The van der Waals surface area contributed by atoms with Gasteiger partial charge in [-0.2, -0.15) is 11.8 Å². The summed E-state index contributed by atoms with van der Waals surface area (Å²) in [7, 11) is 3.51. The van der Waals surface area contributed by atoms with Gasteiger partial charge in [-0.1, -0.05) is 12.1 Å². The van der Waals surface area contributed by atoms with Crippen molar-refractivity contribution in [1.82, 2.24) is 15.5 Å². The number of guanidine groups is 1. The summed E-state index contributed by atoms with van der Waals surface area (Å²) in [5.74, 6) is 2.79. The number of halogens is 1. The lowest BCUT2D eigenvalue weighted by molar-refractivity contribution is 0.0170. The number of hydrogen-bond acceptors (Lipinski definition) is 5. The summed E-state index contributed by atoms with van der Waals surface area (Å²) in [6.45, 7) is 5.16. The summed E-state index contributed by atoms with van der Waals surface area (Å²) in [5, 5.41) is 6.82. The van der Waals surface area contributed by atoms with E-state index in [4.69, 9.17) is 9.47 Å². The third kappa shape index (κ3) is 7.50. The minimum absolute atomic E-state index is 0. The van der Waals surface area contributed by atoms with Crippen molar-refractivity contribution in [2.75, 3.05) is 65.6 Å². The molecule has 1 heterocycles. The lowest BCUT2D eigenvalue weighted by atomic mass is 10.0. The molecule has 0 aromatic heterocycles. The van der Waals surface area contributed by atoms with Gasteiger partial charge >= 0.3 is 0 Å². The highest BCUT2D eigenvalue weighted by Crippen LogP contribution is 2.23. The minimum atomic E-state index is 0. The number of hydrogen-bond donors (Lipinski definition) is 2. The smallest absolute Gasteiger partial charge is 0.191 e. The fraction of sp³-hybridized carbons (Fsp3) is 0.611. The summed E-state index contributed by atoms with van der Waals surface area (Å²) in [6, 6.07) is 8.60. The molecule has 1 aliphatic rings. The van der Waals surface area contributed by atoms with Crippen molar-refractivity contribution in [2.24, 2.45) is 4.99 Å². The number of morpholine rings is 1. The Bertz CT molecular complexity index is 524. The lowest BCUT2D eigenvalue weighted by Crippen LogP contribution is -2.46. The van der Waals surface area contributed by atoms with E-state index in [9.17, 15) is 0 Å². The molecule has 1 atom stereocenters. The maximum atomic E-state index is 5.51. The van der Waals surface area contributed by atoms with Crippen molar-refractivity contribution < 1.29 is 9.47 Å². The summed E-state index contributed by atoms with van der Waals surface area (Å²) < 4.78 is 10.8. The largest absolute Gasteiger partial charge is 0.497 e. The molecule has 0 spiro atoms. The van der Waals surface area contributed by atoms with Crippen molar-refractivity contribution in [3.63, 3.8) is 0 Å². The zero-order valence-corrected chi connectivity index (χ0v) is 19.0. The van der Waals surface area contributed by atoms with Crippen LogP contribution in [0.3, 0.4) is 0 Å². The number of nitrogens with zero attached hydrogens (tertiary/aromatic N) is 2. The second-order valence-electron chi connectivity index (χ2n) is 5.81. The molecule has 1 aliphatic heterocycles. The third-order valence-corrected chi connectivity index (χ3v) is 4.88. The Morgan fingerprint density at radius 2 is 1.96 bits per heavy atom. The van der Waals surface area contributed by atoms with E-state index >= 15 is 0 Å². The van der Waals surface area contributed by atoms with Crippen LogP contribution >= 0.6 is 35.7 Å². The van der Waals surface area contributed by atoms with Gasteiger partial charge in [-0.15, -0.1) is 24.0 Å². The SMILES string of the molecule is CN=C(NCCSC)NCC(c1ccc(OC)cc1)N1CCOCC1.I. The molecule has 2 rings (SSSR count). The number of nitrogens with one attached hydrogen (secondary N) is 2. The molecule has 2 N–H and O–H groups in total. The van der Waals surface area contributed by atoms with E-state index in [1.54, 1.807) is 7.11 Å². The zero-order valence-electron chi connectivity index (χ0n) is 15.9. The molecule has 1 aromatic rings. The van der Waals surface area contributed by atoms with Crippen LogP contribution in [0.1, 0.15) is 11.6 Å². The molecule has 0 bridgehead atoms. The van der Waals surface area contributed by atoms with Crippen molar-refractivity contribution >= 4 is 41.7 Å². The highest BCUT2D eigenvalue weighted by atomic mass is 127. The number of benzene rings is 1. The van der Waals surface area contributed by atoms with Crippen molar-refractivity contribution in [2.45, 2.75) is 6.04 Å². The van der Waals surface area contributed by atoms with Crippen LogP contribution < -0.4 is 15.4 Å². The van der Waals surface area contributed by atoms with Crippen LogP contribution in [0.25, 0.3) is 0 Å². The fourth-order valence-corrected chi connectivity index (χ4v) is 3.16. The standard InChI is InChI=1S/C18H30N4O2S.HI/c1-19-18(20-8-13-25-3)21-14-17(22-9-11-24-12-10-22)15-4-6-16(23-2)7-5-15;/h4-7,17H,8-14H2,1-3H3,(H2,19,20,21);1H. The van der Waals surface area contributed by atoms with Gasteiger partial charge in [-0.3, -0.25) is 9.89 Å². The first-order valence-electron chi connectivity index (χ1n) is 8.67. The van der Waals surface area contributed by atoms with E-state index in [1.165, 1.54) is 5.56 Å². The lowest BCUT2D eigenvalue weighted by Gasteiger charge is -2.35. The Kier molecular flexibility index (Phi) is 12.1. The van der Waals surface area contributed by atoms with Gasteiger partial charge in [0.05, 0.1) is 26.4 Å². The van der Waals surface area contributed by atoms with E-state index in [1.807, 2.05) is 30.9 Å². The Morgan fingerprint density at radius 1 is 1.27 bits per heavy atom. The maximum Gasteiger partial charge on any atom is 0.191 e. The molecule has 148 valence electrons. The van der Waals surface area contributed by atoms with Crippen LogP contribution in [-0.4, -0.2) is 76.4 Å². The first-order valence-corrected chi connectivity index (χ1v) is 10.1. The van der Waals surface area contributed by atoms with Gasteiger partial charge in [-0.25, -0.2) is 0 Å². The topological polar surface area (TPSA) is 58.1 Å². The Balaban J connectivity index is 0.00000338. The first kappa shape index (κ1) is 23.3. The van der Waals surface area contributed by atoms with Crippen LogP contribution in [0.4, 0.5) is 0 Å². The number of rotatable bonds is 8. The average molecular weight is 494 g/mol. The number of ether oxygens (including phenoxy) is 2. The number of thioether (sulfide) groups is 1. The van der Waals surface area contributed by atoms with Crippen molar-refractivity contribution in [1.29, 1.82) is 0 Å². The van der Waals surface area contributed by atoms with Gasteiger partial charge in [-0.05, 0) is 24.0 Å². The summed E-state index contributed by atoms with van der Waals surface area (Å²) in [4.78, 5) is 6.79. The van der Waals surface area contributed by atoms with Gasteiger partial charge in [0.25, 0.3) is 0 Å². The fourth-order valence-electron chi connectivity index (χ4n) is 2.86. The van der Waals surface area contributed by atoms with Crippen molar-refractivity contribution in [3.8, 4) is 5.75 Å². The van der Waals surface area contributed by atoms with Gasteiger partial charge in [0.15, 0.2) is 5.96 Å². The molecule has 8 heteroatoms. The molecule has 0 radical (unpaired) electrons. The van der Waals surface area contributed by atoms with E-state index in [0.717, 1.165) is 56.9 Å². The minimum Gasteiger partial charge on any atom is -0.497 e. The van der Waals surface area contributed by atoms with Gasteiger partial charge in [0.1, 0.15) is 5.75 Å². The molecule has 1 unspecified atom stereocenters. The second-order valence-corrected chi connectivity index (χ2v) is 6.80. The van der Waals surface area contributed by atoms with Crippen molar-refractivity contribution in [3.05, 3.63) is 29.8 Å². The van der Waals surface area contributed by atoms with E-state index in [0.29, 0.717) is 0 Å². The van der Waals surface area contributed by atoms with Crippen LogP contribution in [0, 0.1) is 0 Å². The highest BCUT2D eigenvalue weighted by molar-refractivity contribution is 14.0. The van der Waals surface area contributed by atoms with Gasteiger partial charge in [0.2, 0.25) is 0 Å². The highest BCUT2D eigenvalue weighted by Gasteiger charge is 2.23. The first-order chi connectivity index (χ1) is 12.3. The second kappa shape index (κ2) is 13.5. The van der Waals surface area contributed by atoms with Crippen LogP contribution in [0.15, 0.2) is 29.3 Å². The molecular formula is C18H31IN4O2S. The number of methoxy groups -OCH3 is 1. The van der Waals surface area contributed by atoms with Crippen LogP contribution in [-0.2, 0) is 4.74 Å². The molecule has 26 heavy (non-hydrogen) atoms. The van der Waals surface area contributed by atoms with Gasteiger partial charge in [0, 0.05) is 39.0 Å². The molecule has 1 saturated heterocycles. The number of aliphatic imine (C=N–C) groups is 1. The quantitative estimate of drug-likeness (QED) is 0.250. The summed E-state index contributed by atoms with van der Waals surface area (Å²) in [6.07, 6.45) is 2.11. The van der Waals surface area contributed by atoms with Crippen LogP contribution in [0.2, 0.25) is 0 Å². The molecule has 1 aromatic carbocycles. The predicted octanol–water partition coefficient (Wildman–Crippen LogP) is 2.21. The molecule has 0 aliphatic carbocycles. The molecular weight excluding hydrogens is 463 g/mol. The van der Waals surface area contributed by atoms with E-state index < -0.39 is 0 Å². The molecule has 1 fully saturated rings.